The molecule has 0 aliphatic heterocycles. The van der Waals surface area contributed by atoms with Gasteiger partial charge in [0.15, 0.2) is 0 Å². The monoisotopic (exact) mass is 262 g/mol. The fourth-order valence-corrected chi connectivity index (χ4v) is 0.641. The third-order valence-corrected chi connectivity index (χ3v) is 1.23. The zero-order valence-corrected chi connectivity index (χ0v) is 9.74. The second-order valence-electron chi connectivity index (χ2n) is 2.15. The van der Waals surface area contributed by atoms with Crippen molar-refractivity contribution < 1.29 is 40.0 Å². The molecule has 0 aliphatic carbocycles. The summed E-state index contributed by atoms with van der Waals surface area (Å²) in [5.74, 6) is -0.171. The zero-order chi connectivity index (χ0) is 6.85. The van der Waals surface area contributed by atoms with Gasteiger partial charge in [0, 0.05) is 41.4 Å². The molecule has 0 atom stereocenters. The van der Waals surface area contributed by atoms with Crippen LogP contribution in [0.25, 0.3) is 0 Å². The molecular formula is C8H8FLa-. The van der Waals surface area contributed by atoms with Gasteiger partial charge in [0.1, 0.15) is 0 Å². The van der Waals surface area contributed by atoms with E-state index >= 15 is 0 Å². The summed E-state index contributed by atoms with van der Waals surface area (Å²) in [4.78, 5) is 0. The molecule has 1 aromatic carbocycles. The van der Waals surface area contributed by atoms with Gasteiger partial charge >= 0.3 is 0 Å². The predicted molar refractivity (Wildman–Crippen MR) is 34.7 cm³/mol. The van der Waals surface area contributed by atoms with Crippen LogP contribution in [0.5, 0.6) is 0 Å². The van der Waals surface area contributed by atoms with Crippen LogP contribution in [-0.4, -0.2) is 0 Å². The Balaban J connectivity index is 0.000000810. The Hall–Kier alpha value is 0.345. The van der Waals surface area contributed by atoms with Crippen molar-refractivity contribution >= 4 is 0 Å². The first-order chi connectivity index (χ1) is 4.20. The molecule has 0 saturated heterocycles. The molecule has 0 N–H and O–H groups in total. The summed E-state index contributed by atoms with van der Waals surface area (Å²) in [6.07, 6.45) is 0. The van der Waals surface area contributed by atoms with E-state index in [9.17, 15) is 4.39 Å². The van der Waals surface area contributed by atoms with Crippen molar-refractivity contribution in [2.24, 2.45) is 0 Å². The Bertz CT molecular complexity index is 220. The molecule has 1 radical (unpaired) electrons. The largest absolute Gasteiger partial charge is 0.284 e. The molecule has 0 saturated carbocycles. The Morgan fingerprint density at radius 1 is 1.40 bits per heavy atom. The van der Waals surface area contributed by atoms with Gasteiger partial charge in [-0.15, -0.1) is 11.6 Å². The third-order valence-electron chi connectivity index (χ3n) is 1.23. The molecule has 0 amide bonds. The minimum absolute atomic E-state index is 0. The topological polar surface area (TPSA) is 0 Å². The molecule has 0 aromatic heterocycles. The quantitative estimate of drug-likeness (QED) is 0.629. The molecule has 0 heterocycles. The SMILES string of the molecule is Cc1c[c-]c(C)c(F)c1.[La]. The van der Waals surface area contributed by atoms with E-state index in [1.165, 1.54) is 6.07 Å². The van der Waals surface area contributed by atoms with Crippen LogP contribution in [0.4, 0.5) is 4.39 Å². The van der Waals surface area contributed by atoms with Gasteiger partial charge in [-0.1, -0.05) is 13.8 Å². The number of hydrogen-bond acceptors (Lipinski definition) is 0. The molecule has 0 aliphatic rings. The zero-order valence-electron chi connectivity index (χ0n) is 6.11. The van der Waals surface area contributed by atoms with Crippen LogP contribution in [0.1, 0.15) is 11.1 Å². The molecule has 2 heteroatoms. The van der Waals surface area contributed by atoms with Gasteiger partial charge < -0.3 is 0 Å². The first kappa shape index (κ1) is 10.3. The van der Waals surface area contributed by atoms with Crippen LogP contribution >= 0.6 is 0 Å². The Labute approximate surface area is 88.4 Å². The normalized spacial score (nSPS) is 8.70. The van der Waals surface area contributed by atoms with E-state index in [1.807, 2.05) is 6.92 Å². The molecule has 0 nitrogen and oxygen atoms in total. The fourth-order valence-electron chi connectivity index (χ4n) is 0.641. The van der Waals surface area contributed by atoms with Crippen LogP contribution in [0, 0.1) is 61.3 Å². The number of aryl methyl sites for hydroxylation is 2. The second-order valence-corrected chi connectivity index (χ2v) is 2.15. The molecule has 0 unspecified atom stereocenters. The van der Waals surface area contributed by atoms with Gasteiger partial charge in [0.25, 0.3) is 0 Å². The fraction of sp³-hybridized carbons (Fsp3) is 0.250. The van der Waals surface area contributed by atoms with E-state index in [1.54, 1.807) is 13.0 Å². The van der Waals surface area contributed by atoms with Gasteiger partial charge in [0.05, 0.1) is 0 Å². The van der Waals surface area contributed by atoms with E-state index in [-0.39, 0.29) is 41.4 Å². The van der Waals surface area contributed by atoms with E-state index in [0.717, 1.165) is 5.56 Å². The molecule has 51 valence electrons. The molecule has 0 spiro atoms. The van der Waals surface area contributed by atoms with Gasteiger partial charge in [0.2, 0.25) is 0 Å². The predicted octanol–water partition coefficient (Wildman–Crippen LogP) is 2.24. The summed E-state index contributed by atoms with van der Waals surface area (Å²) in [5.41, 5.74) is 1.50. The first-order valence-electron chi connectivity index (χ1n) is 2.84. The van der Waals surface area contributed by atoms with Crippen molar-refractivity contribution in [3.63, 3.8) is 0 Å². The molecule has 0 bridgehead atoms. The molecule has 10 heavy (non-hydrogen) atoms. The van der Waals surface area contributed by atoms with E-state index < -0.39 is 0 Å². The summed E-state index contributed by atoms with van der Waals surface area (Å²) in [6, 6.07) is 6.07. The van der Waals surface area contributed by atoms with Crippen LogP contribution in [-0.2, 0) is 0 Å². The van der Waals surface area contributed by atoms with E-state index in [4.69, 9.17) is 0 Å². The molecular weight excluding hydrogens is 254 g/mol. The maximum absolute atomic E-state index is 12.5. The summed E-state index contributed by atoms with van der Waals surface area (Å²) in [7, 11) is 0. The Morgan fingerprint density at radius 2 is 2.00 bits per heavy atom. The van der Waals surface area contributed by atoms with Gasteiger partial charge in [-0.2, -0.15) is 17.7 Å². The number of benzene rings is 1. The minimum Gasteiger partial charge on any atom is -0.284 e. The second kappa shape index (κ2) is 4.27. The van der Waals surface area contributed by atoms with Crippen molar-refractivity contribution in [3.8, 4) is 0 Å². The average Bonchev–Trinajstić information content (AvgIpc) is 1.80. The van der Waals surface area contributed by atoms with Crippen LogP contribution in [0.2, 0.25) is 0 Å². The minimum atomic E-state index is -0.171. The van der Waals surface area contributed by atoms with Gasteiger partial charge in [-0.05, 0) is 0 Å². The summed E-state index contributed by atoms with van der Waals surface area (Å²) in [5, 5.41) is 0. The molecule has 1 aromatic rings. The summed E-state index contributed by atoms with van der Waals surface area (Å²) < 4.78 is 12.5. The van der Waals surface area contributed by atoms with Crippen LogP contribution in [0.15, 0.2) is 12.1 Å². The number of hydrogen-bond donors (Lipinski definition) is 0. The van der Waals surface area contributed by atoms with E-state index in [0.29, 0.717) is 5.56 Å². The van der Waals surface area contributed by atoms with Crippen molar-refractivity contribution in [1.82, 2.24) is 0 Å². The summed E-state index contributed by atoms with van der Waals surface area (Å²) >= 11 is 0. The van der Waals surface area contributed by atoms with Crippen LogP contribution < -0.4 is 0 Å². The maximum atomic E-state index is 12.5. The average molecular weight is 262 g/mol. The van der Waals surface area contributed by atoms with Crippen molar-refractivity contribution in [2.45, 2.75) is 13.8 Å². The van der Waals surface area contributed by atoms with Crippen molar-refractivity contribution in [2.75, 3.05) is 0 Å². The summed E-state index contributed by atoms with van der Waals surface area (Å²) in [6.45, 7) is 3.55. The Kier molecular flexibility index (Phi) is 4.42. The van der Waals surface area contributed by atoms with Crippen molar-refractivity contribution in [3.05, 3.63) is 35.1 Å². The van der Waals surface area contributed by atoms with Crippen LogP contribution in [0.3, 0.4) is 0 Å². The van der Waals surface area contributed by atoms with Gasteiger partial charge in [-0.25, -0.2) is 0 Å². The third kappa shape index (κ3) is 2.53. The van der Waals surface area contributed by atoms with Crippen molar-refractivity contribution in [1.29, 1.82) is 0 Å². The number of rotatable bonds is 0. The molecule has 1 rings (SSSR count). The number of halogens is 1. The standard InChI is InChI=1S/C8H8F.La/c1-6-3-4-7(2)8(9)5-6;/h3,5H,1-2H3;/q-1;. The maximum Gasteiger partial charge on any atom is 0.0119 e. The first-order valence-corrected chi connectivity index (χ1v) is 2.84. The smallest absolute Gasteiger partial charge is 0.0119 e. The Morgan fingerprint density at radius 3 is 2.40 bits per heavy atom. The van der Waals surface area contributed by atoms with Gasteiger partial charge in [-0.3, -0.25) is 4.39 Å². The molecule has 0 fully saturated rings. The van der Waals surface area contributed by atoms with E-state index in [2.05, 4.69) is 6.07 Å².